The summed E-state index contributed by atoms with van der Waals surface area (Å²) < 4.78 is 6.06. The number of carbonyl (C=O) groups is 1. The fraction of sp³-hybridized carbons (Fsp3) is 0.400. The van der Waals surface area contributed by atoms with Crippen molar-refractivity contribution in [3.8, 4) is 0 Å². The Labute approximate surface area is 137 Å². The van der Waals surface area contributed by atoms with E-state index >= 15 is 0 Å². The molecule has 0 saturated carbocycles. The van der Waals surface area contributed by atoms with Crippen molar-refractivity contribution in [3.63, 3.8) is 0 Å². The SMILES string of the molecule is O=C(O)c1c(NCCN2CCOCC2)cccc1Nn1c(=O)c1=O. The molecule has 0 bridgehead atoms. The van der Waals surface area contributed by atoms with Crippen LogP contribution >= 0.6 is 0 Å². The molecule has 1 aliphatic rings. The molecule has 0 amide bonds. The summed E-state index contributed by atoms with van der Waals surface area (Å²) in [6, 6.07) is 4.82. The van der Waals surface area contributed by atoms with Gasteiger partial charge < -0.3 is 15.2 Å². The Morgan fingerprint density at radius 2 is 1.83 bits per heavy atom. The molecule has 0 atom stereocenters. The number of hydrogen-bond donors (Lipinski definition) is 3. The summed E-state index contributed by atoms with van der Waals surface area (Å²) in [5.74, 6) is -1.14. The molecule has 3 rings (SSSR count). The highest BCUT2D eigenvalue weighted by Crippen LogP contribution is 2.24. The predicted octanol–water partition coefficient (Wildman–Crippen LogP) is -0.598. The maximum absolute atomic E-state index is 11.6. The fourth-order valence-electron chi connectivity index (χ4n) is 2.55. The van der Waals surface area contributed by atoms with Crippen molar-refractivity contribution in [1.29, 1.82) is 0 Å². The van der Waals surface area contributed by atoms with E-state index in [2.05, 4.69) is 15.6 Å². The van der Waals surface area contributed by atoms with E-state index in [0.717, 1.165) is 24.3 Å². The molecule has 0 radical (unpaired) electrons. The average molecular weight is 334 g/mol. The fourth-order valence-corrected chi connectivity index (χ4v) is 2.55. The van der Waals surface area contributed by atoms with Crippen LogP contribution in [-0.2, 0) is 4.74 Å². The number of carboxylic acids is 1. The molecule has 1 saturated heterocycles. The Hall–Kier alpha value is -2.65. The molecule has 9 heteroatoms. The lowest BCUT2D eigenvalue weighted by molar-refractivity contribution is 0.0398. The summed E-state index contributed by atoms with van der Waals surface area (Å²) in [5.41, 5.74) is 1.78. The number of nitrogens with zero attached hydrogens (tertiary/aromatic N) is 2. The summed E-state index contributed by atoms with van der Waals surface area (Å²) in [6.07, 6.45) is 0. The van der Waals surface area contributed by atoms with Crippen LogP contribution in [0.4, 0.5) is 11.4 Å². The highest BCUT2D eigenvalue weighted by Gasteiger charge is 2.21. The Balaban J connectivity index is 1.69. The van der Waals surface area contributed by atoms with Crippen molar-refractivity contribution in [2.24, 2.45) is 0 Å². The van der Waals surface area contributed by atoms with Crippen molar-refractivity contribution < 1.29 is 14.6 Å². The van der Waals surface area contributed by atoms with Gasteiger partial charge in [0.05, 0.1) is 24.6 Å². The molecular weight excluding hydrogens is 316 g/mol. The van der Waals surface area contributed by atoms with Crippen LogP contribution in [0.3, 0.4) is 0 Å². The first-order valence-corrected chi connectivity index (χ1v) is 7.63. The molecule has 1 fully saturated rings. The summed E-state index contributed by atoms with van der Waals surface area (Å²) in [7, 11) is 0. The first kappa shape index (κ1) is 16.2. The molecule has 1 aromatic carbocycles. The zero-order chi connectivity index (χ0) is 17.1. The van der Waals surface area contributed by atoms with Crippen molar-refractivity contribution >= 4 is 17.3 Å². The van der Waals surface area contributed by atoms with E-state index in [1.807, 2.05) is 0 Å². The Bertz CT molecular complexity index is 777. The van der Waals surface area contributed by atoms with E-state index < -0.39 is 17.1 Å². The van der Waals surface area contributed by atoms with Crippen LogP contribution in [0.5, 0.6) is 0 Å². The number of morpholine rings is 1. The van der Waals surface area contributed by atoms with Crippen LogP contribution in [0, 0.1) is 0 Å². The largest absolute Gasteiger partial charge is 0.478 e. The molecule has 0 aliphatic carbocycles. The number of carboxylic acid groups (broad SMARTS) is 1. The molecule has 3 N–H and O–H groups in total. The molecule has 2 heterocycles. The second-order valence-corrected chi connectivity index (χ2v) is 5.47. The standard InChI is InChI=1S/C15H18N4O5/c20-13-14(21)19(13)17-11-3-1-2-10(12(11)15(22)23)16-4-5-18-6-8-24-9-7-18/h1-3,16-17H,4-9H2,(H,22,23). The Kier molecular flexibility index (Phi) is 4.63. The minimum Gasteiger partial charge on any atom is -0.478 e. The van der Waals surface area contributed by atoms with E-state index in [-0.39, 0.29) is 11.3 Å². The molecule has 1 aromatic heterocycles. The molecule has 0 spiro atoms. The van der Waals surface area contributed by atoms with Crippen molar-refractivity contribution in [3.05, 3.63) is 44.5 Å². The lowest BCUT2D eigenvalue weighted by Gasteiger charge is -2.26. The van der Waals surface area contributed by atoms with Gasteiger partial charge in [0.1, 0.15) is 5.56 Å². The number of rotatable bonds is 7. The van der Waals surface area contributed by atoms with E-state index in [1.54, 1.807) is 12.1 Å². The van der Waals surface area contributed by atoms with E-state index in [4.69, 9.17) is 4.74 Å². The third-order valence-electron chi connectivity index (χ3n) is 3.90. The predicted molar refractivity (Wildman–Crippen MR) is 87.5 cm³/mol. The Morgan fingerprint density at radius 1 is 1.17 bits per heavy atom. The first-order valence-electron chi connectivity index (χ1n) is 7.63. The van der Waals surface area contributed by atoms with Gasteiger partial charge in [0.15, 0.2) is 0 Å². The average Bonchev–Trinajstić information content (AvgIpc) is 3.14. The number of aromatic nitrogens is 1. The number of benzene rings is 1. The molecule has 0 unspecified atom stereocenters. The maximum atomic E-state index is 11.6. The highest BCUT2D eigenvalue weighted by atomic mass is 16.5. The Morgan fingerprint density at radius 3 is 2.46 bits per heavy atom. The van der Waals surface area contributed by atoms with Gasteiger partial charge in [-0.05, 0) is 12.1 Å². The molecule has 1 aliphatic heterocycles. The number of ether oxygens (including phenoxy) is 1. The lowest BCUT2D eigenvalue weighted by Crippen LogP contribution is -2.39. The number of hydrogen-bond acceptors (Lipinski definition) is 7. The van der Waals surface area contributed by atoms with E-state index in [9.17, 15) is 19.5 Å². The van der Waals surface area contributed by atoms with Gasteiger partial charge in [-0.2, -0.15) is 4.68 Å². The van der Waals surface area contributed by atoms with Gasteiger partial charge in [-0.3, -0.25) is 19.9 Å². The van der Waals surface area contributed by atoms with Crippen molar-refractivity contribution in [2.45, 2.75) is 0 Å². The molecule has 128 valence electrons. The van der Waals surface area contributed by atoms with Gasteiger partial charge in [-0.15, -0.1) is 0 Å². The zero-order valence-electron chi connectivity index (χ0n) is 12.9. The second kappa shape index (κ2) is 6.85. The second-order valence-electron chi connectivity index (χ2n) is 5.47. The summed E-state index contributed by atoms with van der Waals surface area (Å²) in [4.78, 5) is 35.9. The molecular formula is C15H18N4O5. The van der Waals surface area contributed by atoms with Gasteiger partial charge >= 0.3 is 17.1 Å². The van der Waals surface area contributed by atoms with E-state index in [0.29, 0.717) is 25.4 Å². The third kappa shape index (κ3) is 3.47. The third-order valence-corrected chi connectivity index (χ3v) is 3.90. The van der Waals surface area contributed by atoms with Crippen LogP contribution in [0.2, 0.25) is 0 Å². The van der Waals surface area contributed by atoms with Gasteiger partial charge in [-0.1, -0.05) is 6.07 Å². The van der Waals surface area contributed by atoms with Gasteiger partial charge in [0.25, 0.3) is 0 Å². The summed E-state index contributed by atoms with van der Waals surface area (Å²) in [5, 5.41) is 12.6. The monoisotopic (exact) mass is 334 g/mol. The minimum atomic E-state index is -1.14. The topological polar surface area (TPSA) is 113 Å². The quantitative estimate of drug-likeness (QED) is 0.576. The van der Waals surface area contributed by atoms with Crippen molar-refractivity contribution in [1.82, 2.24) is 9.58 Å². The molecule has 9 nitrogen and oxygen atoms in total. The molecule has 24 heavy (non-hydrogen) atoms. The summed E-state index contributed by atoms with van der Waals surface area (Å²) in [6.45, 7) is 4.46. The van der Waals surface area contributed by atoms with Crippen LogP contribution in [-0.4, -0.2) is 60.0 Å². The van der Waals surface area contributed by atoms with Crippen LogP contribution in [0.25, 0.3) is 0 Å². The van der Waals surface area contributed by atoms with Crippen LogP contribution in [0.15, 0.2) is 27.8 Å². The normalized spacial score (nSPS) is 15.5. The van der Waals surface area contributed by atoms with Gasteiger partial charge in [0, 0.05) is 26.2 Å². The summed E-state index contributed by atoms with van der Waals surface area (Å²) >= 11 is 0. The smallest absolute Gasteiger partial charge is 0.340 e. The van der Waals surface area contributed by atoms with E-state index in [1.165, 1.54) is 6.07 Å². The highest BCUT2D eigenvalue weighted by molar-refractivity contribution is 6.00. The molecule has 2 aromatic rings. The first-order chi connectivity index (χ1) is 11.6. The minimum absolute atomic E-state index is 0.00743. The van der Waals surface area contributed by atoms with Crippen molar-refractivity contribution in [2.75, 3.05) is 50.1 Å². The maximum Gasteiger partial charge on any atom is 0.340 e. The zero-order valence-corrected chi connectivity index (χ0v) is 12.9. The number of aromatic carboxylic acids is 1. The van der Waals surface area contributed by atoms with Gasteiger partial charge in [-0.25, -0.2) is 4.79 Å². The number of anilines is 2. The lowest BCUT2D eigenvalue weighted by atomic mass is 10.1. The number of nitrogens with one attached hydrogen (secondary N) is 2. The van der Waals surface area contributed by atoms with Gasteiger partial charge in [0.2, 0.25) is 0 Å². The van der Waals surface area contributed by atoms with Crippen LogP contribution in [0.1, 0.15) is 10.4 Å². The van der Waals surface area contributed by atoms with Crippen LogP contribution < -0.4 is 21.9 Å².